The maximum atomic E-state index is 12.7. The minimum atomic E-state index is -0.0966. The van der Waals surface area contributed by atoms with E-state index in [0.29, 0.717) is 17.7 Å². The lowest BCUT2D eigenvalue weighted by atomic mass is 9.86. The van der Waals surface area contributed by atoms with Crippen LogP contribution in [0.2, 0.25) is 0 Å². The Morgan fingerprint density at radius 2 is 1.84 bits per heavy atom. The normalized spacial score (nSPS) is 26.2. The summed E-state index contributed by atoms with van der Waals surface area (Å²) in [5, 5.41) is 13.3. The van der Waals surface area contributed by atoms with Crippen molar-refractivity contribution in [3.05, 3.63) is 24.3 Å². The van der Waals surface area contributed by atoms with E-state index in [1.165, 1.54) is 19.3 Å². The number of hydrogen-bond acceptors (Lipinski definition) is 4. The first kappa shape index (κ1) is 18.1. The summed E-state index contributed by atoms with van der Waals surface area (Å²) in [5.74, 6) is 1.07. The second-order valence-corrected chi connectivity index (χ2v) is 7.56. The summed E-state index contributed by atoms with van der Waals surface area (Å²) >= 11 is 0. The highest BCUT2D eigenvalue weighted by atomic mass is 16.3. The Labute approximate surface area is 151 Å². The topological polar surface area (TPSA) is 55.8 Å². The molecule has 2 aliphatic rings. The summed E-state index contributed by atoms with van der Waals surface area (Å²) in [4.78, 5) is 17.1. The molecule has 1 saturated heterocycles. The van der Waals surface area contributed by atoms with Gasteiger partial charge in [0.2, 0.25) is 5.91 Å². The molecule has 1 saturated carbocycles. The van der Waals surface area contributed by atoms with Gasteiger partial charge in [-0.05, 0) is 37.8 Å². The van der Waals surface area contributed by atoms with Crippen LogP contribution in [0.25, 0.3) is 0 Å². The van der Waals surface area contributed by atoms with Gasteiger partial charge in [-0.3, -0.25) is 9.69 Å². The van der Waals surface area contributed by atoms with Crippen LogP contribution < -0.4 is 10.2 Å². The quantitative estimate of drug-likeness (QED) is 0.881. The molecule has 0 spiro atoms. The van der Waals surface area contributed by atoms with Crippen molar-refractivity contribution in [2.24, 2.45) is 5.92 Å². The lowest BCUT2D eigenvalue weighted by Gasteiger charge is -2.39. The third-order valence-electron chi connectivity index (χ3n) is 5.90. The third kappa shape index (κ3) is 4.27. The summed E-state index contributed by atoms with van der Waals surface area (Å²) in [5.41, 5.74) is 0.885. The number of benzene rings is 1. The molecule has 0 aromatic heterocycles. The van der Waals surface area contributed by atoms with Gasteiger partial charge in [0, 0.05) is 32.2 Å². The second kappa shape index (κ2) is 8.09. The van der Waals surface area contributed by atoms with Crippen LogP contribution in [0.3, 0.4) is 0 Å². The van der Waals surface area contributed by atoms with Crippen molar-refractivity contribution < 1.29 is 9.90 Å². The van der Waals surface area contributed by atoms with Crippen LogP contribution in [0, 0.1) is 5.92 Å². The Bertz CT molecular complexity index is 584. The third-order valence-corrected chi connectivity index (χ3v) is 5.90. The van der Waals surface area contributed by atoms with Crippen LogP contribution in [0.5, 0.6) is 5.75 Å². The smallest absolute Gasteiger partial charge is 0.237 e. The van der Waals surface area contributed by atoms with Gasteiger partial charge in [0.1, 0.15) is 5.75 Å². The molecular weight excluding hydrogens is 314 g/mol. The average molecular weight is 345 g/mol. The molecule has 2 N–H and O–H groups in total. The Hall–Kier alpha value is -1.75. The van der Waals surface area contributed by atoms with Crippen molar-refractivity contribution in [1.29, 1.82) is 0 Å². The molecule has 3 atom stereocenters. The molecule has 0 bridgehead atoms. The van der Waals surface area contributed by atoms with Crippen molar-refractivity contribution in [3.8, 4) is 5.75 Å². The van der Waals surface area contributed by atoms with Gasteiger partial charge in [-0.2, -0.15) is 0 Å². The molecule has 1 aliphatic carbocycles. The van der Waals surface area contributed by atoms with Crippen molar-refractivity contribution in [3.63, 3.8) is 0 Å². The fourth-order valence-corrected chi connectivity index (χ4v) is 4.08. The number of para-hydroxylation sites is 2. The summed E-state index contributed by atoms with van der Waals surface area (Å²) in [7, 11) is 0. The van der Waals surface area contributed by atoms with Gasteiger partial charge in [-0.15, -0.1) is 0 Å². The van der Waals surface area contributed by atoms with Crippen LogP contribution in [-0.2, 0) is 4.79 Å². The molecule has 1 amide bonds. The predicted molar refractivity (Wildman–Crippen MR) is 101 cm³/mol. The zero-order valence-electron chi connectivity index (χ0n) is 15.4. The summed E-state index contributed by atoms with van der Waals surface area (Å²) in [6.45, 7) is 7.59. The molecule has 25 heavy (non-hydrogen) atoms. The molecule has 0 radical (unpaired) electrons. The predicted octanol–water partition coefficient (Wildman–Crippen LogP) is 2.60. The molecule has 2 fully saturated rings. The van der Waals surface area contributed by atoms with E-state index in [1.807, 2.05) is 25.1 Å². The van der Waals surface area contributed by atoms with E-state index in [-0.39, 0.29) is 11.9 Å². The van der Waals surface area contributed by atoms with E-state index >= 15 is 0 Å². The van der Waals surface area contributed by atoms with Gasteiger partial charge in [-0.25, -0.2) is 0 Å². The van der Waals surface area contributed by atoms with Crippen molar-refractivity contribution in [1.82, 2.24) is 10.2 Å². The standard InChI is InChI=1S/C20H31N3O2/c1-15-7-3-4-8-17(15)21-20(25)16(2)22-11-13-23(14-12-22)18-9-5-6-10-19(18)24/h5-6,9-10,15-17,24H,3-4,7-8,11-14H2,1-2H3,(H,21,25). The monoisotopic (exact) mass is 345 g/mol. The fraction of sp³-hybridized carbons (Fsp3) is 0.650. The molecule has 1 aromatic rings. The number of rotatable bonds is 4. The molecule has 1 aliphatic heterocycles. The number of piperazine rings is 1. The molecule has 5 nitrogen and oxygen atoms in total. The van der Waals surface area contributed by atoms with Crippen molar-refractivity contribution >= 4 is 11.6 Å². The van der Waals surface area contributed by atoms with Gasteiger partial charge in [0.15, 0.2) is 0 Å². The maximum absolute atomic E-state index is 12.7. The second-order valence-electron chi connectivity index (χ2n) is 7.56. The number of anilines is 1. The fourth-order valence-electron chi connectivity index (χ4n) is 4.08. The Morgan fingerprint density at radius 3 is 2.52 bits per heavy atom. The number of amides is 1. The Morgan fingerprint density at radius 1 is 1.16 bits per heavy atom. The SMILES string of the molecule is CC1CCCCC1NC(=O)C(C)N1CCN(c2ccccc2O)CC1. The van der Waals surface area contributed by atoms with Crippen LogP contribution >= 0.6 is 0 Å². The summed E-state index contributed by atoms with van der Waals surface area (Å²) in [6.07, 6.45) is 4.85. The van der Waals surface area contributed by atoms with Crippen LogP contribution in [-0.4, -0.2) is 54.2 Å². The molecule has 1 aromatic carbocycles. The number of hydrogen-bond donors (Lipinski definition) is 2. The molecule has 138 valence electrons. The van der Waals surface area contributed by atoms with Gasteiger partial charge in [0.25, 0.3) is 0 Å². The first-order valence-electron chi connectivity index (χ1n) is 9.63. The summed E-state index contributed by atoms with van der Waals surface area (Å²) in [6, 6.07) is 7.71. The number of carbonyl (C=O) groups excluding carboxylic acids is 1. The molecule has 1 heterocycles. The van der Waals surface area contributed by atoms with E-state index in [1.54, 1.807) is 6.07 Å². The van der Waals surface area contributed by atoms with E-state index in [2.05, 4.69) is 22.0 Å². The summed E-state index contributed by atoms with van der Waals surface area (Å²) < 4.78 is 0. The number of nitrogens with one attached hydrogen (secondary N) is 1. The molecule has 3 rings (SSSR count). The lowest BCUT2D eigenvalue weighted by Crippen LogP contribution is -2.55. The highest BCUT2D eigenvalue weighted by Crippen LogP contribution is 2.27. The lowest BCUT2D eigenvalue weighted by molar-refractivity contribution is -0.127. The molecular formula is C20H31N3O2. The molecule has 3 unspecified atom stereocenters. The van der Waals surface area contributed by atoms with E-state index < -0.39 is 0 Å². The van der Waals surface area contributed by atoms with Gasteiger partial charge < -0.3 is 15.3 Å². The average Bonchev–Trinajstić information content (AvgIpc) is 2.63. The van der Waals surface area contributed by atoms with Crippen LogP contribution in [0.4, 0.5) is 5.69 Å². The Kier molecular flexibility index (Phi) is 5.84. The van der Waals surface area contributed by atoms with Crippen LogP contribution in [0.1, 0.15) is 39.5 Å². The first-order valence-corrected chi connectivity index (χ1v) is 9.63. The van der Waals surface area contributed by atoms with Gasteiger partial charge in [-0.1, -0.05) is 31.9 Å². The number of phenols is 1. The van der Waals surface area contributed by atoms with Crippen molar-refractivity contribution in [2.45, 2.75) is 51.6 Å². The zero-order valence-corrected chi connectivity index (χ0v) is 15.4. The maximum Gasteiger partial charge on any atom is 0.237 e. The van der Waals surface area contributed by atoms with Gasteiger partial charge >= 0.3 is 0 Å². The van der Waals surface area contributed by atoms with E-state index in [9.17, 15) is 9.90 Å². The number of aromatic hydroxyl groups is 1. The number of nitrogens with zero attached hydrogens (tertiary/aromatic N) is 2. The minimum absolute atomic E-state index is 0.0966. The zero-order chi connectivity index (χ0) is 17.8. The van der Waals surface area contributed by atoms with E-state index in [0.717, 1.165) is 38.3 Å². The number of phenolic OH excluding ortho intramolecular Hbond substituents is 1. The highest BCUT2D eigenvalue weighted by molar-refractivity contribution is 5.81. The first-order chi connectivity index (χ1) is 12.1. The van der Waals surface area contributed by atoms with E-state index in [4.69, 9.17) is 0 Å². The number of carbonyl (C=O) groups is 1. The largest absolute Gasteiger partial charge is 0.506 e. The minimum Gasteiger partial charge on any atom is -0.506 e. The van der Waals surface area contributed by atoms with Crippen LogP contribution in [0.15, 0.2) is 24.3 Å². The highest BCUT2D eigenvalue weighted by Gasteiger charge is 2.29. The van der Waals surface area contributed by atoms with Crippen molar-refractivity contribution in [2.75, 3.05) is 31.1 Å². The molecule has 5 heteroatoms. The van der Waals surface area contributed by atoms with Gasteiger partial charge in [0.05, 0.1) is 11.7 Å². The Balaban J connectivity index is 1.51.